The quantitative estimate of drug-likeness (QED) is 0.883. The van der Waals surface area contributed by atoms with Crippen LogP contribution in [0, 0.1) is 0 Å². The Bertz CT molecular complexity index is 880. The zero-order valence-corrected chi connectivity index (χ0v) is 13.7. The lowest BCUT2D eigenvalue weighted by atomic mass is 10.2. The topological polar surface area (TPSA) is 76.9 Å². The lowest BCUT2D eigenvalue weighted by Gasteiger charge is -2.12. The third-order valence-corrected chi connectivity index (χ3v) is 5.39. The second kappa shape index (κ2) is 6.01. The molecule has 0 saturated heterocycles. The number of alkyl halides is 3. The molecule has 130 valence electrons. The van der Waals surface area contributed by atoms with Crippen molar-refractivity contribution in [2.45, 2.75) is 37.0 Å². The molecule has 0 radical (unpaired) electrons. The number of sulfonamides is 1. The van der Waals surface area contributed by atoms with E-state index in [4.69, 9.17) is 11.6 Å². The number of fused-ring (bicyclic) bond motifs is 1. The molecule has 0 fully saturated rings. The maximum atomic E-state index is 12.9. The summed E-state index contributed by atoms with van der Waals surface area (Å²) < 4.78 is 67.1. The molecule has 1 aliphatic heterocycles. The molecule has 2 heterocycles. The van der Waals surface area contributed by atoms with Gasteiger partial charge in [0, 0.05) is 13.0 Å². The molecule has 24 heavy (non-hydrogen) atoms. The molecule has 0 aliphatic carbocycles. The predicted octanol–water partition coefficient (Wildman–Crippen LogP) is 2.38. The largest absolute Gasteiger partial charge is 0.417 e. The van der Waals surface area contributed by atoms with Gasteiger partial charge in [-0.15, -0.1) is 10.2 Å². The van der Waals surface area contributed by atoms with Crippen LogP contribution < -0.4 is 4.72 Å². The van der Waals surface area contributed by atoms with Crippen LogP contribution in [0.2, 0.25) is 5.02 Å². The van der Waals surface area contributed by atoms with Crippen LogP contribution in [0.4, 0.5) is 13.2 Å². The summed E-state index contributed by atoms with van der Waals surface area (Å²) in [6, 6.07) is 2.45. The summed E-state index contributed by atoms with van der Waals surface area (Å²) in [6.07, 6.45) is -3.07. The van der Waals surface area contributed by atoms with Crippen LogP contribution in [0.25, 0.3) is 0 Å². The number of benzene rings is 1. The third-order valence-electron chi connectivity index (χ3n) is 3.66. The lowest BCUT2D eigenvalue weighted by Crippen LogP contribution is -2.25. The van der Waals surface area contributed by atoms with E-state index in [0.717, 1.165) is 30.8 Å². The molecule has 1 aliphatic rings. The summed E-state index contributed by atoms with van der Waals surface area (Å²) in [5, 5.41) is 7.27. The molecule has 0 spiro atoms. The monoisotopic (exact) mass is 380 g/mol. The van der Waals surface area contributed by atoms with Crippen molar-refractivity contribution in [3.05, 3.63) is 40.4 Å². The highest BCUT2D eigenvalue weighted by molar-refractivity contribution is 7.89. The van der Waals surface area contributed by atoms with Crippen molar-refractivity contribution in [1.82, 2.24) is 19.5 Å². The molecule has 11 heteroatoms. The summed E-state index contributed by atoms with van der Waals surface area (Å²) in [4.78, 5) is -0.514. The van der Waals surface area contributed by atoms with Gasteiger partial charge >= 0.3 is 6.18 Å². The van der Waals surface area contributed by atoms with Gasteiger partial charge in [0.05, 0.1) is 22.0 Å². The Morgan fingerprint density at radius 3 is 2.75 bits per heavy atom. The first-order valence-electron chi connectivity index (χ1n) is 6.96. The average molecular weight is 381 g/mol. The minimum Gasteiger partial charge on any atom is -0.314 e. The van der Waals surface area contributed by atoms with Gasteiger partial charge in [-0.3, -0.25) is 0 Å². The van der Waals surface area contributed by atoms with Crippen LogP contribution in [0.3, 0.4) is 0 Å². The van der Waals surface area contributed by atoms with Crippen LogP contribution in [0.15, 0.2) is 23.1 Å². The van der Waals surface area contributed by atoms with E-state index < -0.39 is 31.7 Å². The predicted molar refractivity (Wildman–Crippen MR) is 78.8 cm³/mol. The van der Waals surface area contributed by atoms with E-state index in [1.807, 2.05) is 0 Å². The van der Waals surface area contributed by atoms with Crippen LogP contribution in [0.1, 0.15) is 23.6 Å². The Morgan fingerprint density at radius 1 is 1.29 bits per heavy atom. The molecule has 1 aromatic heterocycles. The van der Waals surface area contributed by atoms with E-state index in [0.29, 0.717) is 18.4 Å². The average Bonchev–Trinajstić information content (AvgIpc) is 3.07. The fourth-order valence-corrected chi connectivity index (χ4v) is 3.70. The Balaban J connectivity index is 1.83. The summed E-state index contributed by atoms with van der Waals surface area (Å²) in [7, 11) is -4.14. The Kier molecular flexibility index (Phi) is 4.30. The van der Waals surface area contributed by atoms with Gasteiger partial charge in [0.1, 0.15) is 11.6 Å². The van der Waals surface area contributed by atoms with Gasteiger partial charge in [0.15, 0.2) is 0 Å². The van der Waals surface area contributed by atoms with Gasteiger partial charge in [0.2, 0.25) is 10.0 Å². The van der Waals surface area contributed by atoms with Crippen LogP contribution in [-0.4, -0.2) is 23.2 Å². The molecular weight excluding hydrogens is 369 g/mol. The number of nitrogens with one attached hydrogen (secondary N) is 1. The molecule has 1 aromatic carbocycles. The standard InChI is InChI=1S/C13H12ClF3N4O2S/c14-10-4-3-8(6-9(10)13(15,16)17)24(22,23)18-7-12-20-19-11-2-1-5-21(11)12/h3-4,6,18H,1-2,5,7H2. The zero-order valence-electron chi connectivity index (χ0n) is 12.1. The van der Waals surface area contributed by atoms with E-state index in [1.165, 1.54) is 0 Å². The third kappa shape index (κ3) is 3.26. The molecule has 6 nitrogen and oxygen atoms in total. The fraction of sp³-hybridized carbons (Fsp3) is 0.385. The summed E-state index contributed by atoms with van der Waals surface area (Å²) in [6.45, 7) is 0.540. The van der Waals surface area contributed by atoms with Crippen molar-refractivity contribution in [1.29, 1.82) is 0 Å². The first-order chi connectivity index (χ1) is 11.2. The van der Waals surface area contributed by atoms with Crippen molar-refractivity contribution in [3.63, 3.8) is 0 Å². The van der Waals surface area contributed by atoms with Crippen molar-refractivity contribution < 1.29 is 21.6 Å². The SMILES string of the molecule is O=S(=O)(NCc1nnc2n1CCC2)c1ccc(Cl)c(C(F)(F)F)c1. The molecule has 0 unspecified atom stereocenters. The van der Waals surface area contributed by atoms with E-state index in [9.17, 15) is 21.6 Å². The van der Waals surface area contributed by atoms with Gasteiger partial charge in [-0.2, -0.15) is 13.2 Å². The van der Waals surface area contributed by atoms with Gasteiger partial charge in [0.25, 0.3) is 0 Å². The molecule has 0 amide bonds. The molecule has 3 rings (SSSR count). The first-order valence-corrected chi connectivity index (χ1v) is 8.82. The van der Waals surface area contributed by atoms with Crippen molar-refractivity contribution in [2.75, 3.05) is 0 Å². The maximum Gasteiger partial charge on any atom is 0.417 e. The molecule has 0 bridgehead atoms. The minimum atomic E-state index is -4.74. The van der Waals surface area contributed by atoms with Gasteiger partial charge in [-0.05, 0) is 24.6 Å². The lowest BCUT2D eigenvalue weighted by molar-refractivity contribution is -0.137. The van der Waals surface area contributed by atoms with Crippen molar-refractivity contribution in [3.8, 4) is 0 Å². The molecule has 2 aromatic rings. The molecule has 0 saturated carbocycles. The van der Waals surface area contributed by atoms with E-state index in [-0.39, 0.29) is 6.54 Å². The number of halogens is 4. The molecule has 0 atom stereocenters. The van der Waals surface area contributed by atoms with Crippen LogP contribution in [0.5, 0.6) is 0 Å². The number of rotatable bonds is 4. The maximum absolute atomic E-state index is 12.9. The van der Waals surface area contributed by atoms with Crippen LogP contribution in [-0.2, 0) is 35.7 Å². The smallest absolute Gasteiger partial charge is 0.314 e. The summed E-state index contributed by atoms with van der Waals surface area (Å²) >= 11 is 5.50. The second-order valence-electron chi connectivity index (χ2n) is 5.25. The van der Waals surface area contributed by atoms with E-state index in [2.05, 4.69) is 14.9 Å². The van der Waals surface area contributed by atoms with Gasteiger partial charge in [-0.25, -0.2) is 13.1 Å². The Labute approximate surface area is 140 Å². The Morgan fingerprint density at radius 2 is 2.04 bits per heavy atom. The van der Waals surface area contributed by atoms with Crippen molar-refractivity contribution in [2.24, 2.45) is 0 Å². The summed E-state index contributed by atoms with van der Waals surface area (Å²) in [5.41, 5.74) is -1.20. The highest BCUT2D eigenvalue weighted by Crippen LogP contribution is 2.35. The van der Waals surface area contributed by atoms with E-state index >= 15 is 0 Å². The Hall–Kier alpha value is -1.65. The normalized spacial score (nSPS) is 14.8. The van der Waals surface area contributed by atoms with Crippen molar-refractivity contribution >= 4 is 21.6 Å². The van der Waals surface area contributed by atoms with Gasteiger partial charge in [-0.1, -0.05) is 11.6 Å². The number of aryl methyl sites for hydroxylation is 1. The summed E-state index contributed by atoms with van der Waals surface area (Å²) in [5.74, 6) is 1.20. The van der Waals surface area contributed by atoms with E-state index in [1.54, 1.807) is 4.57 Å². The molecular formula is C13H12ClF3N4O2S. The first kappa shape index (κ1) is 17.2. The molecule has 1 N–H and O–H groups in total. The second-order valence-corrected chi connectivity index (χ2v) is 7.43. The highest BCUT2D eigenvalue weighted by atomic mass is 35.5. The zero-order chi connectivity index (χ0) is 17.5. The number of aromatic nitrogens is 3. The highest BCUT2D eigenvalue weighted by Gasteiger charge is 2.34. The number of hydrogen-bond acceptors (Lipinski definition) is 4. The van der Waals surface area contributed by atoms with Crippen LogP contribution >= 0.6 is 11.6 Å². The number of hydrogen-bond donors (Lipinski definition) is 1. The minimum absolute atomic E-state index is 0.153. The fourth-order valence-electron chi connectivity index (χ4n) is 2.47. The number of nitrogens with zero attached hydrogens (tertiary/aromatic N) is 3. The van der Waals surface area contributed by atoms with Gasteiger partial charge < -0.3 is 4.57 Å².